The molecule has 1 saturated heterocycles. The van der Waals surface area contributed by atoms with Crippen molar-refractivity contribution in [2.75, 3.05) is 79.1 Å². The van der Waals surface area contributed by atoms with Crippen LogP contribution >= 0.6 is 0 Å². The van der Waals surface area contributed by atoms with Crippen LogP contribution in [0.25, 0.3) is 0 Å². The molecule has 2 aliphatic heterocycles. The molecule has 10 heteroatoms. The summed E-state index contributed by atoms with van der Waals surface area (Å²) in [4.78, 5) is 28.1. The molecule has 1 aromatic carbocycles. The van der Waals surface area contributed by atoms with Crippen LogP contribution in [-0.4, -0.2) is 107 Å². The second kappa shape index (κ2) is 14.9. The molecule has 206 valence electrons. The largest absolute Gasteiger partial charge is 0.454 e. The van der Waals surface area contributed by atoms with Gasteiger partial charge in [0, 0.05) is 69.9 Å². The second-order valence-corrected chi connectivity index (χ2v) is 9.31. The number of allylic oxidation sites excluding steroid dienone is 3. The maximum atomic E-state index is 12.7. The van der Waals surface area contributed by atoms with Gasteiger partial charge in [-0.15, -0.1) is 0 Å². The van der Waals surface area contributed by atoms with Crippen LogP contribution < -0.4 is 20.1 Å². The number of nitrogens with one attached hydrogen (secondary N) is 2. The molecule has 38 heavy (non-hydrogen) atoms. The number of amides is 2. The third-order valence-electron chi connectivity index (χ3n) is 6.19. The highest BCUT2D eigenvalue weighted by Crippen LogP contribution is 2.34. The van der Waals surface area contributed by atoms with Gasteiger partial charge in [0.15, 0.2) is 11.5 Å². The van der Waals surface area contributed by atoms with Crippen molar-refractivity contribution in [2.45, 2.75) is 13.3 Å². The van der Waals surface area contributed by atoms with Crippen LogP contribution in [0.4, 0.5) is 10.5 Å². The number of nitrogens with zero attached hydrogens (tertiary/aromatic N) is 5. The topological polar surface area (TPSA) is 94.0 Å². The van der Waals surface area contributed by atoms with Crippen LogP contribution in [0.5, 0.6) is 11.5 Å². The molecule has 2 N–H and O–H groups in total. The third kappa shape index (κ3) is 8.74. The van der Waals surface area contributed by atoms with Crippen molar-refractivity contribution in [3.05, 3.63) is 54.3 Å². The van der Waals surface area contributed by atoms with Crippen LogP contribution in [0, 0.1) is 0 Å². The summed E-state index contributed by atoms with van der Waals surface area (Å²) in [5, 5.41) is 6.33. The van der Waals surface area contributed by atoms with Gasteiger partial charge >= 0.3 is 6.03 Å². The van der Waals surface area contributed by atoms with E-state index in [9.17, 15) is 4.79 Å². The summed E-state index contributed by atoms with van der Waals surface area (Å²) in [6.07, 6.45) is 8.78. The second-order valence-electron chi connectivity index (χ2n) is 9.31. The summed E-state index contributed by atoms with van der Waals surface area (Å²) in [6, 6.07) is 5.29. The molecule has 0 bridgehead atoms. The molecule has 0 radical (unpaired) electrons. The van der Waals surface area contributed by atoms with Gasteiger partial charge in [0.1, 0.15) is 5.84 Å². The van der Waals surface area contributed by atoms with Gasteiger partial charge in [-0.2, -0.15) is 0 Å². The molecule has 0 atom stereocenters. The Morgan fingerprint density at radius 2 is 1.95 bits per heavy atom. The number of amidine groups is 1. The van der Waals surface area contributed by atoms with Crippen molar-refractivity contribution >= 4 is 23.8 Å². The number of ether oxygens (including phenoxy) is 2. The quantitative estimate of drug-likeness (QED) is 0.200. The van der Waals surface area contributed by atoms with Crippen LogP contribution in [0.3, 0.4) is 0 Å². The van der Waals surface area contributed by atoms with Crippen LogP contribution in [0.2, 0.25) is 0 Å². The van der Waals surface area contributed by atoms with E-state index in [4.69, 9.17) is 14.5 Å². The van der Waals surface area contributed by atoms with E-state index < -0.39 is 0 Å². The maximum absolute atomic E-state index is 12.7. The predicted molar refractivity (Wildman–Crippen MR) is 155 cm³/mol. The molecule has 1 aromatic rings. The van der Waals surface area contributed by atoms with E-state index in [1.807, 2.05) is 42.3 Å². The Balaban J connectivity index is 1.47. The van der Waals surface area contributed by atoms with Crippen LogP contribution in [0.1, 0.15) is 13.3 Å². The Labute approximate surface area is 226 Å². The van der Waals surface area contributed by atoms with Gasteiger partial charge in [-0.25, -0.2) is 4.79 Å². The number of anilines is 1. The summed E-state index contributed by atoms with van der Waals surface area (Å²) in [6.45, 7) is 11.7. The van der Waals surface area contributed by atoms with E-state index in [2.05, 4.69) is 46.1 Å². The smallest absolute Gasteiger partial charge is 0.321 e. The molecule has 0 saturated carbocycles. The third-order valence-corrected chi connectivity index (χ3v) is 6.19. The van der Waals surface area contributed by atoms with E-state index in [-0.39, 0.29) is 12.8 Å². The zero-order chi connectivity index (χ0) is 27.3. The zero-order valence-electron chi connectivity index (χ0n) is 23.1. The van der Waals surface area contributed by atoms with Crippen LogP contribution in [0.15, 0.2) is 64.3 Å². The molecule has 0 aromatic heterocycles. The summed E-state index contributed by atoms with van der Waals surface area (Å²) >= 11 is 0. The lowest BCUT2D eigenvalue weighted by atomic mass is 10.1. The van der Waals surface area contributed by atoms with Gasteiger partial charge in [0.25, 0.3) is 0 Å². The number of piperazine rings is 1. The van der Waals surface area contributed by atoms with Crippen molar-refractivity contribution in [2.24, 2.45) is 9.98 Å². The monoisotopic (exact) mass is 523 g/mol. The Kier molecular flexibility index (Phi) is 11.4. The van der Waals surface area contributed by atoms with Crippen molar-refractivity contribution in [1.29, 1.82) is 0 Å². The number of carbonyl (C=O) groups excluding carboxylic acids is 1. The summed E-state index contributed by atoms with van der Waals surface area (Å²) in [7, 11) is 5.89. The average molecular weight is 524 g/mol. The number of carbonyl (C=O) groups is 1. The minimum Gasteiger partial charge on any atom is -0.454 e. The molecule has 0 unspecified atom stereocenters. The highest BCUT2D eigenvalue weighted by atomic mass is 16.7. The number of benzene rings is 1. The molecule has 2 heterocycles. The fraction of sp³-hybridized carbons (Fsp3) is 0.464. The number of aliphatic imine (C=N–C) groups is 2. The lowest BCUT2D eigenvalue weighted by Gasteiger charge is -2.34. The van der Waals surface area contributed by atoms with Crippen molar-refractivity contribution in [3.63, 3.8) is 0 Å². The maximum Gasteiger partial charge on any atom is 0.321 e. The standard InChI is InChI=1S/C28H41N7O3/c1-6-7-9-24(22(2)27(29-3)31-12-8-14-33(4)5)30-13-15-34-16-18-35(19-17-34)28(36)32-23-10-11-25-26(20-23)38-21-37-25/h6-7,9-11,13,20H,2,8,12,14-19,21H2,1,3-5H3,(H,29,31)(H,32,36)/b7-6-,24-9+,30-13?. The fourth-order valence-electron chi connectivity index (χ4n) is 4.02. The number of urea groups is 1. The molecular weight excluding hydrogens is 482 g/mol. The SMILES string of the molecule is C=C(C(=NC)NCCCN(C)C)/C(=C\C=C/C)N=CCN1CCN(C(=O)Nc2ccc3c(c2)OCO3)CC1. The summed E-state index contributed by atoms with van der Waals surface area (Å²) in [5.74, 6) is 2.09. The molecule has 10 nitrogen and oxygen atoms in total. The van der Waals surface area contributed by atoms with E-state index in [0.717, 1.165) is 49.7 Å². The van der Waals surface area contributed by atoms with E-state index in [1.165, 1.54) is 0 Å². The van der Waals surface area contributed by atoms with Gasteiger partial charge in [-0.1, -0.05) is 18.7 Å². The summed E-state index contributed by atoms with van der Waals surface area (Å²) < 4.78 is 10.7. The van der Waals surface area contributed by atoms with Crippen LogP contribution in [-0.2, 0) is 0 Å². The molecule has 1 fully saturated rings. The predicted octanol–water partition coefficient (Wildman–Crippen LogP) is 3.22. The first kappa shape index (κ1) is 28.9. The number of rotatable bonds is 11. The lowest BCUT2D eigenvalue weighted by molar-refractivity contribution is 0.159. The van der Waals surface area contributed by atoms with Gasteiger partial charge in [0.05, 0.1) is 5.70 Å². The highest BCUT2D eigenvalue weighted by molar-refractivity contribution is 6.01. The first-order chi connectivity index (χ1) is 18.4. The molecule has 2 aliphatic rings. The van der Waals surface area contributed by atoms with Crippen molar-refractivity contribution in [1.82, 2.24) is 20.0 Å². The van der Waals surface area contributed by atoms with E-state index in [1.54, 1.807) is 19.2 Å². The minimum atomic E-state index is -0.116. The van der Waals surface area contributed by atoms with Gasteiger partial charge in [-0.3, -0.25) is 14.9 Å². The minimum absolute atomic E-state index is 0.116. The fourth-order valence-corrected chi connectivity index (χ4v) is 4.02. The Bertz CT molecular complexity index is 1070. The molecule has 0 spiro atoms. The van der Waals surface area contributed by atoms with Gasteiger partial charge in [0.2, 0.25) is 6.79 Å². The van der Waals surface area contributed by atoms with E-state index >= 15 is 0 Å². The Hall–Kier alpha value is -3.63. The first-order valence-electron chi connectivity index (χ1n) is 13.0. The number of hydrogen-bond donors (Lipinski definition) is 2. The zero-order valence-corrected chi connectivity index (χ0v) is 23.1. The van der Waals surface area contributed by atoms with E-state index in [0.29, 0.717) is 36.8 Å². The normalized spacial score (nSPS) is 16.6. The summed E-state index contributed by atoms with van der Waals surface area (Å²) in [5.41, 5.74) is 2.22. The highest BCUT2D eigenvalue weighted by Gasteiger charge is 2.21. The molecule has 2 amide bonds. The molecular formula is C28H41N7O3. The first-order valence-corrected chi connectivity index (χ1v) is 13.0. The number of hydrogen-bond acceptors (Lipinski definition) is 7. The lowest BCUT2D eigenvalue weighted by Crippen LogP contribution is -2.50. The van der Waals surface area contributed by atoms with Gasteiger partial charge < -0.3 is 29.9 Å². The number of fused-ring (bicyclic) bond motifs is 1. The Morgan fingerprint density at radius 1 is 1.18 bits per heavy atom. The molecule has 0 aliphatic carbocycles. The molecule has 3 rings (SSSR count). The van der Waals surface area contributed by atoms with Crippen molar-refractivity contribution in [3.8, 4) is 11.5 Å². The Morgan fingerprint density at radius 3 is 2.66 bits per heavy atom. The van der Waals surface area contributed by atoms with Crippen molar-refractivity contribution < 1.29 is 14.3 Å². The average Bonchev–Trinajstić information content (AvgIpc) is 3.38. The van der Waals surface area contributed by atoms with Gasteiger partial charge in [-0.05, 0) is 52.2 Å².